The molecule has 9 heteroatoms. The van der Waals surface area contributed by atoms with Crippen LogP contribution in [0, 0.1) is 0 Å². The normalized spacial score (nSPS) is 14.8. The number of benzene rings is 2. The molecule has 0 saturated carbocycles. The molecule has 2 aromatic rings. The zero-order valence-electron chi connectivity index (χ0n) is 15.6. The number of para-hydroxylation sites is 3. The van der Waals surface area contributed by atoms with Crippen LogP contribution in [0.25, 0.3) is 0 Å². The standard InChI is InChI=1S/C20H18F2N2O5/c1-20(2)18(27)23-13-8-4-5-9-14(13)24(20)16(25)11-28-17(26)12-7-3-6-10-15(12)29-19(21)22/h3-10,19H,11H2,1-2H3,(H,23,27). The van der Waals surface area contributed by atoms with Gasteiger partial charge in [-0.1, -0.05) is 24.3 Å². The number of halogens is 2. The van der Waals surface area contributed by atoms with E-state index in [9.17, 15) is 23.2 Å². The number of hydrogen-bond acceptors (Lipinski definition) is 5. The van der Waals surface area contributed by atoms with Crippen LogP contribution in [-0.2, 0) is 14.3 Å². The number of hydrogen-bond donors (Lipinski definition) is 1. The molecule has 0 aliphatic carbocycles. The summed E-state index contributed by atoms with van der Waals surface area (Å²) in [6.45, 7) is -0.685. The average Bonchev–Trinajstić information content (AvgIpc) is 2.66. The van der Waals surface area contributed by atoms with Crippen molar-refractivity contribution < 1.29 is 32.6 Å². The number of rotatable bonds is 5. The molecule has 29 heavy (non-hydrogen) atoms. The predicted octanol–water partition coefficient (Wildman–Crippen LogP) is 3.21. The number of fused-ring (bicyclic) bond motifs is 1. The van der Waals surface area contributed by atoms with Gasteiger partial charge in [0.25, 0.3) is 5.91 Å². The fourth-order valence-corrected chi connectivity index (χ4v) is 3.00. The van der Waals surface area contributed by atoms with Crippen LogP contribution in [0.4, 0.5) is 20.2 Å². The molecular formula is C20H18F2N2O5. The molecule has 0 aromatic heterocycles. The highest BCUT2D eigenvalue weighted by atomic mass is 19.3. The number of nitrogens with zero attached hydrogens (tertiary/aromatic N) is 1. The van der Waals surface area contributed by atoms with Crippen LogP contribution in [0.2, 0.25) is 0 Å². The van der Waals surface area contributed by atoms with Gasteiger partial charge in [0, 0.05) is 0 Å². The molecule has 3 rings (SSSR count). The molecular weight excluding hydrogens is 386 g/mol. The molecule has 0 saturated heterocycles. The Hall–Kier alpha value is -3.49. The predicted molar refractivity (Wildman–Crippen MR) is 100.0 cm³/mol. The molecule has 1 heterocycles. The summed E-state index contributed by atoms with van der Waals surface area (Å²) in [6, 6.07) is 12.0. The van der Waals surface area contributed by atoms with Gasteiger partial charge in [0.2, 0.25) is 5.91 Å². The number of nitrogens with one attached hydrogen (secondary N) is 1. The molecule has 0 spiro atoms. The molecule has 0 unspecified atom stereocenters. The van der Waals surface area contributed by atoms with Crippen molar-refractivity contribution in [3.63, 3.8) is 0 Å². The lowest BCUT2D eigenvalue weighted by atomic mass is 9.96. The van der Waals surface area contributed by atoms with Gasteiger partial charge in [-0.2, -0.15) is 8.78 Å². The lowest BCUT2D eigenvalue weighted by molar-refractivity contribution is -0.128. The third-order valence-electron chi connectivity index (χ3n) is 4.41. The summed E-state index contributed by atoms with van der Waals surface area (Å²) in [5.74, 6) is -2.39. The number of carbonyl (C=O) groups excluding carboxylic acids is 3. The molecule has 2 aromatic carbocycles. The SMILES string of the molecule is CC1(C)C(=O)Nc2ccccc2N1C(=O)COC(=O)c1ccccc1OC(F)F. The maximum atomic E-state index is 12.8. The maximum absolute atomic E-state index is 12.8. The number of amides is 2. The first-order valence-corrected chi connectivity index (χ1v) is 8.66. The average molecular weight is 404 g/mol. The molecule has 1 aliphatic rings. The van der Waals surface area contributed by atoms with Crippen molar-refractivity contribution in [2.45, 2.75) is 26.0 Å². The highest BCUT2D eigenvalue weighted by Gasteiger charge is 2.43. The lowest BCUT2D eigenvalue weighted by Crippen LogP contribution is -2.59. The summed E-state index contributed by atoms with van der Waals surface area (Å²) in [6.07, 6.45) is 0. The first-order chi connectivity index (χ1) is 13.7. The second-order valence-corrected chi connectivity index (χ2v) is 6.71. The smallest absolute Gasteiger partial charge is 0.387 e. The molecule has 0 bridgehead atoms. The summed E-state index contributed by atoms with van der Waals surface area (Å²) in [5.41, 5.74) is -0.558. The minimum absolute atomic E-state index is 0.239. The number of esters is 1. The monoisotopic (exact) mass is 404 g/mol. The Balaban J connectivity index is 1.79. The molecule has 1 aliphatic heterocycles. The van der Waals surface area contributed by atoms with Crippen molar-refractivity contribution in [2.24, 2.45) is 0 Å². The van der Waals surface area contributed by atoms with Crippen molar-refractivity contribution >= 4 is 29.2 Å². The third-order valence-corrected chi connectivity index (χ3v) is 4.41. The largest absolute Gasteiger partial charge is 0.452 e. The van der Waals surface area contributed by atoms with E-state index in [1.54, 1.807) is 38.1 Å². The van der Waals surface area contributed by atoms with Crippen molar-refractivity contribution in [1.82, 2.24) is 0 Å². The first-order valence-electron chi connectivity index (χ1n) is 8.66. The highest BCUT2D eigenvalue weighted by Crippen LogP contribution is 2.36. The summed E-state index contributed by atoms with van der Waals surface area (Å²) in [4.78, 5) is 38.8. The summed E-state index contributed by atoms with van der Waals surface area (Å²) in [7, 11) is 0. The van der Waals surface area contributed by atoms with Crippen LogP contribution >= 0.6 is 0 Å². The van der Waals surface area contributed by atoms with Crippen LogP contribution in [0.1, 0.15) is 24.2 Å². The second kappa shape index (κ2) is 7.86. The van der Waals surface area contributed by atoms with E-state index >= 15 is 0 Å². The van der Waals surface area contributed by atoms with Gasteiger partial charge in [-0.25, -0.2) is 4.79 Å². The molecule has 0 atom stereocenters. The summed E-state index contributed by atoms with van der Waals surface area (Å²) in [5, 5.41) is 2.72. The van der Waals surface area contributed by atoms with Crippen LogP contribution < -0.4 is 15.0 Å². The van der Waals surface area contributed by atoms with Gasteiger partial charge in [0.05, 0.1) is 11.4 Å². The fourth-order valence-electron chi connectivity index (χ4n) is 3.00. The Bertz CT molecular complexity index is 961. The van der Waals surface area contributed by atoms with Gasteiger partial charge < -0.3 is 14.8 Å². The van der Waals surface area contributed by atoms with Gasteiger partial charge in [-0.15, -0.1) is 0 Å². The zero-order chi connectivity index (χ0) is 21.2. The second-order valence-electron chi connectivity index (χ2n) is 6.71. The van der Waals surface area contributed by atoms with E-state index in [1.807, 2.05) is 0 Å². The van der Waals surface area contributed by atoms with Crippen LogP contribution in [0.3, 0.4) is 0 Å². The van der Waals surface area contributed by atoms with E-state index in [0.29, 0.717) is 11.4 Å². The number of carbonyl (C=O) groups is 3. The van der Waals surface area contributed by atoms with Gasteiger partial charge in [0.1, 0.15) is 16.9 Å². The number of ether oxygens (including phenoxy) is 2. The van der Waals surface area contributed by atoms with E-state index in [2.05, 4.69) is 10.1 Å². The third kappa shape index (κ3) is 4.03. The van der Waals surface area contributed by atoms with Gasteiger partial charge in [-0.3, -0.25) is 14.5 Å². The van der Waals surface area contributed by atoms with Crippen molar-refractivity contribution in [2.75, 3.05) is 16.8 Å². The molecule has 2 amide bonds. The van der Waals surface area contributed by atoms with E-state index in [4.69, 9.17) is 4.74 Å². The Kier molecular flexibility index (Phi) is 5.49. The van der Waals surface area contributed by atoms with E-state index in [0.717, 1.165) is 0 Å². The quantitative estimate of drug-likeness (QED) is 0.774. The van der Waals surface area contributed by atoms with Gasteiger partial charge >= 0.3 is 12.6 Å². The Morgan fingerprint density at radius 2 is 1.76 bits per heavy atom. The summed E-state index contributed by atoms with van der Waals surface area (Å²) >= 11 is 0. The summed E-state index contributed by atoms with van der Waals surface area (Å²) < 4.78 is 34.3. The van der Waals surface area contributed by atoms with E-state index in [1.165, 1.54) is 29.2 Å². The van der Waals surface area contributed by atoms with Crippen LogP contribution in [0.5, 0.6) is 5.75 Å². The fraction of sp³-hybridized carbons (Fsp3) is 0.250. The topological polar surface area (TPSA) is 84.9 Å². The van der Waals surface area contributed by atoms with Crippen LogP contribution in [0.15, 0.2) is 48.5 Å². The number of anilines is 2. The van der Waals surface area contributed by atoms with Crippen LogP contribution in [-0.4, -0.2) is 36.5 Å². The molecule has 1 N–H and O–H groups in total. The lowest BCUT2D eigenvalue weighted by Gasteiger charge is -2.41. The Morgan fingerprint density at radius 1 is 1.10 bits per heavy atom. The molecule has 7 nitrogen and oxygen atoms in total. The maximum Gasteiger partial charge on any atom is 0.387 e. The number of alkyl halides is 2. The Morgan fingerprint density at radius 3 is 2.48 bits per heavy atom. The zero-order valence-corrected chi connectivity index (χ0v) is 15.6. The first kappa shape index (κ1) is 20.2. The Labute approximate surface area is 165 Å². The minimum atomic E-state index is -3.12. The molecule has 152 valence electrons. The van der Waals surface area contributed by atoms with Crippen molar-refractivity contribution in [3.8, 4) is 5.75 Å². The van der Waals surface area contributed by atoms with E-state index < -0.39 is 36.5 Å². The van der Waals surface area contributed by atoms with Gasteiger partial charge in [0.15, 0.2) is 6.61 Å². The molecule has 0 radical (unpaired) electrons. The highest BCUT2D eigenvalue weighted by molar-refractivity contribution is 6.14. The molecule has 0 fully saturated rings. The van der Waals surface area contributed by atoms with E-state index in [-0.39, 0.29) is 11.3 Å². The minimum Gasteiger partial charge on any atom is -0.452 e. The van der Waals surface area contributed by atoms with Crippen molar-refractivity contribution in [3.05, 3.63) is 54.1 Å². The van der Waals surface area contributed by atoms with Crippen molar-refractivity contribution in [1.29, 1.82) is 0 Å². The van der Waals surface area contributed by atoms with Gasteiger partial charge in [-0.05, 0) is 38.1 Å².